The Bertz CT molecular complexity index is 1650. The fraction of sp³-hybridized carbons (Fsp3) is 0.387. The van der Waals surface area contributed by atoms with Crippen molar-refractivity contribution in [3.05, 3.63) is 59.2 Å². The Kier molecular flexibility index (Phi) is 7.68. The summed E-state index contributed by atoms with van der Waals surface area (Å²) in [6.07, 6.45) is 4.24. The largest absolute Gasteiger partial charge is 0.496 e. The molecule has 1 saturated heterocycles. The molecule has 0 bridgehead atoms. The molecule has 1 aliphatic heterocycles. The molecule has 2 aromatic carbocycles. The molecule has 1 aliphatic carbocycles. The Labute approximate surface area is 246 Å². The lowest BCUT2D eigenvalue weighted by molar-refractivity contribution is -0.127. The molecule has 2 aromatic heterocycles. The van der Waals surface area contributed by atoms with E-state index in [-0.39, 0.29) is 40.6 Å². The van der Waals surface area contributed by atoms with E-state index in [0.717, 1.165) is 30.4 Å². The molecule has 42 heavy (non-hydrogen) atoms. The van der Waals surface area contributed by atoms with E-state index in [0.29, 0.717) is 35.1 Å². The predicted molar refractivity (Wildman–Crippen MR) is 160 cm³/mol. The van der Waals surface area contributed by atoms with Crippen LogP contribution in [0.2, 0.25) is 0 Å². The number of amides is 3. The fourth-order valence-corrected chi connectivity index (χ4v) is 7.44. The van der Waals surface area contributed by atoms with Gasteiger partial charge in [0.05, 0.1) is 28.9 Å². The normalized spacial score (nSPS) is 18.7. The number of methoxy groups -OCH3 is 1. The average Bonchev–Trinajstić information content (AvgIpc) is 3.79. The number of primary amides is 1. The molecule has 6 rings (SSSR count). The van der Waals surface area contributed by atoms with Crippen molar-refractivity contribution in [3.8, 4) is 5.75 Å². The maximum atomic E-state index is 14.4. The summed E-state index contributed by atoms with van der Waals surface area (Å²) in [6.45, 7) is 0.531. The minimum Gasteiger partial charge on any atom is -0.496 e. The summed E-state index contributed by atoms with van der Waals surface area (Å²) in [7, 11) is 1.55. The van der Waals surface area contributed by atoms with Crippen molar-refractivity contribution in [2.24, 2.45) is 17.6 Å². The van der Waals surface area contributed by atoms with Gasteiger partial charge in [0.15, 0.2) is 5.01 Å². The van der Waals surface area contributed by atoms with E-state index in [4.69, 9.17) is 10.5 Å². The number of thiazole rings is 1. The molecule has 2 fully saturated rings. The van der Waals surface area contributed by atoms with Gasteiger partial charge in [0.25, 0.3) is 5.91 Å². The van der Waals surface area contributed by atoms with Crippen LogP contribution in [0.5, 0.6) is 5.75 Å². The Morgan fingerprint density at radius 2 is 1.93 bits per heavy atom. The van der Waals surface area contributed by atoms with Crippen LogP contribution in [-0.4, -0.2) is 52.8 Å². The molecule has 3 atom stereocenters. The number of ketones is 1. The van der Waals surface area contributed by atoms with E-state index < -0.39 is 23.9 Å². The zero-order valence-electron chi connectivity index (χ0n) is 23.3. The first-order chi connectivity index (χ1) is 20.4. The molecule has 4 N–H and O–H groups in total. The van der Waals surface area contributed by atoms with Gasteiger partial charge in [-0.05, 0) is 61.9 Å². The second kappa shape index (κ2) is 11.6. The molecule has 10 nitrogen and oxygen atoms in total. The summed E-state index contributed by atoms with van der Waals surface area (Å²) in [5, 5.41) is 6.81. The summed E-state index contributed by atoms with van der Waals surface area (Å²) in [5.74, 6) is -1.41. The van der Waals surface area contributed by atoms with Crippen LogP contribution in [0.1, 0.15) is 64.9 Å². The van der Waals surface area contributed by atoms with Gasteiger partial charge in [-0.2, -0.15) is 0 Å². The van der Waals surface area contributed by atoms with Crippen molar-refractivity contribution in [1.82, 2.24) is 20.2 Å². The van der Waals surface area contributed by atoms with Gasteiger partial charge in [0, 0.05) is 17.8 Å². The number of carbonyl (C=O) groups excluding carboxylic acids is 4. The van der Waals surface area contributed by atoms with Gasteiger partial charge in [-0.3, -0.25) is 19.2 Å². The van der Waals surface area contributed by atoms with Crippen molar-refractivity contribution in [1.29, 1.82) is 0 Å². The number of nitrogens with two attached hydrogens (primary N) is 1. The number of carbonyl (C=O) groups is 4. The van der Waals surface area contributed by atoms with Crippen LogP contribution >= 0.6 is 11.3 Å². The van der Waals surface area contributed by atoms with Crippen LogP contribution in [0, 0.1) is 11.8 Å². The van der Waals surface area contributed by atoms with Crippen LogP contribution in [0.15, 0.2) is 48.5 Å². The van der Waals surface area contributed by atoms with Crippen LogP contribution in [0.25, 0.3) is 21.1 Å². The Hall–Kier alpha value is -4.25. The Morgan fingerprint density at radius 1 is 1.14 bits per heavy atom. The first-order valence-electron chi connectivity index (χ1n) is 14.3. The molecular formula is C31H33N5O5S. The molecular weight excluding hydrogens is 554 g/mol. The number of benzene rings is 2. The van der Waals surface area contributed by atoms with E-state index in [1.807, 2.05) is 36.4 Å². The highest BCUT2D eigenvalue weighted by molar-refractivity contribution is 7.20. The summed E-state index contributed by atoms with van der Waals surface area (Å²) < 4.78 is 8.12. The Morgan fingerprint density at radius 3 is 2.62 bits per heavy atom. The summed E-state index contributed by atoms with van der Waals surface area (Å²) >= 11 is 1.27. The number of fused-ring (bicyclic) bond motifs is 2. The fourth-order valence-electron chi connectivity index (χ4n) is 6.48. The van der Waals surface area contributed by atoms with E-state index in [9.17, 15) is 19.2 Å². The van der Waals surface area contributed by atoms with Crippen LogP contribution < -0.4 is 21.1 Å². The summed E-state index contributed by atoms with van der Waals surface area (Å²) in [6, 6.07) is 12.8. The number of para-hydroxylation sites is 1. The maximum absolute atomic E-state index is 14.4. The van der Waals surface area contributed by atoms with Crippen molar-refractivity contribution in [2.75, 3.05) is 13.7 Å². The number of hydrogen-bond donors (Lipinski definition) is 3. The molecule has 2 aliphatic rings. The second-order valence-corrected chi connectivity index (χ2v) is 12.1. The van der Waals surface area contributed by atoms with Crippen molar-refractivity contribution >= 4 is 56.0 Å². The first-order valence-corrected chi connectivity index (χ1v) is 15.1. The quantitative estimate of drug-likeness (QED) is 0.239. The van der Waals surface area contributed by atoms with Gasteiger partial charge >= 0.3 is 0 Å². The third-order valence-electron chi connectivity index (χ3n) is 8.53. The number of aromatic nitrogens is 2. The standard InChI is InChI=1S/C31H33N5O5S/c1-41-24-11-6-10-22-19(24)16-23(28(32)38)36(22)26(17-7-2-3-8-17)30(40)34-21(15-18-13-14-33-29(18)39)27(37)31-35-20-9-4-5-12-25(20)42-31/h4-6,9-12,16-18,21,26H,2-3,7-8,13-15H2,1H3,(H2,32,38)(H,33,39)(H,34,40)/t18-,21-,26-/m0/s1. The molecule has 3 heterocycles. The zero-order valence-corrected chi connectivity index (χ0v) is 24.1. The lowest BCUT2D eigenvalue weighted by Gasteiger charge is -2.29. The molecule has 0 radical (unpaired) electrons. The monoisotopic (exact) mass is 587 g/mol. The third kappa shape index (κ3) is 5.13. The van der Waals surface area contributed by atoms with Crippen LogP contribution in [0.3, 0.4) is 0 Å². The highest BCUT2D eigenvalue weighted by Gasteiger charge is 2.39. The van der Waals surface area contributed by atoms with Crippen molar-refractivity contribution < 1.29 is 23.9 Å². The summed E-state index contributed by atoms with van der Waals surface area (Å²) in [5.41, 5.74) is 7.41. The Balaban J connectivity index is 1.40. The second-order valence-electron chi connectivity index (χ2n) is 11.1. The molecule has 4 aromatic rings. The number of nitrogens with zero attached hydrogens (tertiary/aromatic N) is 2. The highest BCUT2D eigenvalue weighted by atomic mass is 32.1. The summed E-state index contributed by atoms with van der Waals surface area (Å²) in [4.78, 5) is 58.1. The van der Waals surface area contributed by atoms with Gasteiger partial charge in [-0.25, -0.2) is 4.98 Å². The van der Waals surface area contributed by atoms with Crippen LogP contribution in [-0.2, 0) is 9.59 Å². The van der Waals surface area contributed by atoms with Crippen LogP contribution in [0.4, 0.5) is 0 Å². The predicted octanol–water partition coefficient (Wildman–Crippen LogP) is 3.98. The number of hydrogen-bond acceptors (Lipinski definition) is 7. The third-order valence-corrected chi connectivity index (χ3v) is 9.58. The molecule has 0 spiro atoms. The van der Waals surface area contributed by atoms with Crippen molar-refractivity contribution in [2.45, 2.75) is 50.6 Å². The van der Waals surface area contributed by atoms with Gasteiger partial charge in [0.1, 0.15) is 17.5 Å². The molecule has 1 saturated carbocycles. The SMILES string of the molecule is COc1cccc2c1cc(C(N)=O)n2[C@H](C(=O)N[C@@H](C[C@@H]1CCNC1=O)C(=O)c1nc2ccccc2s1)C1CCCC1. The number of ether oxygens (including phenoxy) is 1. The molecule has 218 valence electrons. The zero-order chi connectivity index (χ0) is 29.4. The number of rotatable bonds is 10. The van der Waals surface area contributed by atoms with Gasteiger partial charge in [-0.1, -0.05) is 31.0 Å². The van der Waals surface area contributed by atoms with E-state index >= 15 is 0 Å². The van der Waals surface area contributed by atoms with E-state index in [1.165, 1.54) is 11.3 Å². The molecule has 11 heteroatoms. The minimum atomic E-state index is -0.968. The smallest absolute Gasteiger partial charge is 0.265 e. The topological polar surface area (TPSA) is 145 Å². The maximum Gasteiger partial charge on any atom is 0.265 e. The average molecular weight is 588 g/mol. The molecule has 0 unspecified atom stereocenters. The van der Waals surface area contributed by atoms with Gasteiger partial charge in [-0.15, -0.1) is 11.3 Å². The van der Waals surface area contributed by atoms with Gasteiger partial charge in [0.2, 0.25) is 17.6 Å². The first kappa shape index (κ1) is 27.9. The van der Waals surface area contributed by atoms with E-state index in [2.05, 4.69) is 15.6 Å². The molecule has 3 amide bonds. The highest BCUT2D eigenvalue weighted by Crippen LogP contribution is 2.40. The minimum absolute atomic E-state index is 0.0714. The number of nitrogens with one attached hydrogen (secondary N) is 2. The lowest BCUT2D eigenvalue weighted by atomic mass is 9.93. The van der Waals surface area contributed by atoms with Gasteiger partial charge < -0.3 is 25.7 Å². The number of Topliss-reactive ketones (excluding diaryl/α,β-unsaturated/α-hetero) is 1. The van der Waals surface area contributed by atoms with Crippen molar-refractivity contribution in [3.63, 3.8) is 0 Å². The van der Waals surface area contributed by atoms with E-state index in [1.54, 1.807) is 23.8 Å². The lowest BCUT2D eigenvalue weighted by Crippen LogP contribution is -2.47.